The number of nitrogens with one attached hydrogen (secondary N) is 2. The van der Waals surface area contributed by atoms with Crippen LogP contribution in [0.5, 0.6) is 0 Å². The molecule has 5 nitrogen and oxygen atoms in total. The van der Waals surface area contributed by atoms with E-state index in [0.717, 1.165) is 6.42 Å². The molecule has 2 aromatic rings. The Bertz CT molecular complexity index is 559. The number of para-hydroxylation sites is 1. The van der Waals surface area contributed by atoms with Gasteiger partial charge in [-0.15, -0.1) is 10.2 Å². The third-order valence-electron chi connectivity index (χ3n) is 2.39. The smallest absolute Gasteiger partial charge is 0.259 e. The summed E-state index contributed by atoms with van der Waals surface area (Å²) >= 11 is 1.21. The molecular formula is C12H13FN4OS. The van der Waals surface area contributed by atoms with Crippen LogP contribution < -0.4 is 10.6 Å². The van der Waals surface area contributed by atoms with Crippen molar-refractivity contribution >= 4 is 28.1 Å². The van der Waals surface area contributed by atoms with Crippen LogP contribution in [0.25, 0.3) is 0 Å². The van der Waals surface area contributed by atoms with Crippen LogP contribution in [0.15, 0.2) is 23.7 Å². The van der Waals surface area contributed by atoms with E-state index >= 15 is 0 Å². The highest BCUT2D eigenvalue weighted by molar-refractivity contribution is 7.13. The van der Waals surface area contributed by atoms with Gasteiger partial charge in [0.15, 0.2) is 0 Å². The van der Waals surface area contributed by atoms with Crippen molar-refractivity contribution in [3.8, 4) is 0 Å². The summed E-state index contributed by atoms with van der Waals surface area (Å²) < 4.78 is 13.7. The maximum atomic E-state index is 13.7. The molecule has 2 N–H and O–H groups in total. The lowest BCUT2D eigenvalue weighted by Gasteiger charge is -2.11. The van der Waals surface area contributed by atoms with E-state index in [1.165, 1.54) is 29.0 Å². The number of halogens is 1. The van der Waals surface area contributed by atoms with Crippen LogP contribution in [0.1, 0.15) is 23.7 Å². The van der Waals surface area contributed by atoms with E-state index in [1.54, 1.807) is 6.07 Å². The maximum Gasteiger partial charge on any atom is 0.259 e. The van der Waals surface area contributed by atoms with Crippen LogP contribution >= 0.6 is 11.3 Å². The van der Waals surface area contributed by atoms with Gasteiger partial charge < -0.3 is 5.32 Å². The molecule has 2 rings (SSSR count). The largest absolute Gasteiger partial charge is 0.382 e. The van der Waals surface area contributed by atoms with Gasteiger partial charge in [0.25, 0.3) is 5.91 Å². The third-order valence-corrected chi connectivity index (χ3v) is 3.00. The Balaban J connectivity index is 2.22. The topological polar surface area (TPSA) is 66.9 Å². The van der Waals surface area contributed by atoms with Gasteiger partial charge in [-0.2, -0.15) is 0 Å². The van der Waals surface area contributed by atoms with Gasteiger partial charge in [-0.3, -0.25) is 10.1 Å². The van der Waals surface area contributed by atoms with E-state index < -0.39 is 11.7 Å². The van der Waals surface area contributed by atoms with E-state index in [1.807, 2.05) is 6.92 Å². The standard InChI is InChI=1S/C12H13FN4OS/c1-2-6-14-10-8(4-3-5-9(10)13)11(18)16-12-17-15-7-19-12/h3-5,7,14H,2,6H2,1H3,(H,16,17,18). The second-order valence-corrected chi connectivity index (χ2v) is 4.62. The highest BCUT2D eigenvalue weighted by Gasteiger charge is 2.15. The molecule has 19 heavy (non-hydrogen) atoms. The predicted molar refractivity (Wildman–Crippen MR) is 73.0 cm³/mol. The Morgan fingerprint density at radius 3 is 3.00 bits per heavy atom. The van der Waals surface area contributed by atoms with Crippen molar-refractivity contribution in [1.82, 2.24) is 10.2 Å². The number of hydrogen-bond donors (Lipinski definition) is 2. The van der Waals surface area contributed by atoms with Crippen LogP contribution in [-0.2, 0) is 0 Å². The average molecular weight is 280 g/mol. The number of carbonyl (C=O) groups excluding carboxylic acids is 1. The molecule has 0 aliphatic carbocycles. The van der Waals surface area contributed by atoms with Gasteiger partial charge in [-0.05, 0) is 18.6 Å². The minimum atomic E-state index is -0.446. The molecule has 0 radical (unpaired) electrons. The Morgan fingerprint density at radius 1 is 1.47 bits per heavy atom. The molecule has 0 aliphatic rings. The normalized spacial score (nSPS) is 10.2. The molecular weight excluding hydrogens is 267 g/mol. The van der Waals surface area contributed by atoms with Crippen molar-refractivity contribution in [2.45, 2.75) is 13.3 Å². The molecule has 0 saturated heterocycles. The zero-order valence-corrected chi connectivity index (χ0v) is 11.1. The number of aromatic nitrogens is 2. The van der Waals surface area contributed by atoms with Crippen LogP contribution in [0.4, 0.5) is 15.2 Å². The molecule has 0 bridgehead atoms. The Labute approximate surface area is 113 Å². The molecule has 7 heteroatoms. The van der Waals surface area contributed by atoms with Crippen molar-refractivity contribution in [3.63, 3.8) is 0 Å². The first-order chi connectivity index (χ1) is 9.22. The van der Waals surface area contributed by atoms with Crippen LogP contribution in [-0.4, -0.2) is 22.6 Å². The second kappa shape index (κ2) is 6.24. The molecule has 0 spiro atoms. The van der Waals surface area contributed by atoms with Crippen LogP contribution in [0.2, 0.25) is 0 Å². The lowest BCUT2D eigenvalue weighted by molar-refractivity contribution is 0.102. The van der Waals surface area contributed by atoms with E-state index in [0.29, 0.717) is 11.7 Å². The highest BCUT2D eigenvalue weighted by atomic mass is 32.1. The van der Waals surface area contributed by atoms with E-state index in [4.69, 9.17) is 0 Å². The second-order valence-electron chi connectivity index (χ2n) is 3.79. The average Bonchev–Trinajstić information content (AvgIpc) is 2.90. The number of benzene rings is 1. The van der Waals surface area contributed by atoms with Crippen molar-refractivity contribution in [1.29, 1.82) is 0 Å². The Morgan fingerprint density at radius 2 is 2.32 bits per heavy atom. The summed E-state index contributed by atoms with van der Waals surface area (Å²) in [7, 11) is 0. The van der Waals surface area contributed by atoms with Crippen molar-refractivity contribution in [2.24, 2.45) is 0 Å². The fourth-order valence-corrected chi connectivity index (χ4v) is 1.98. The number of nitrogens with zero attached hydrogens (tertiary/aromatic N) is 2. The van der Waals surface area contributed by atoms with E-state index in [2.05, 4.69) is 20.8 Å². The minimum absolute atomic E-state index is 0.214. The summed E-state index contributed by atoms with van der Waals surface area (Å²) in [6.45, 7) is 2.56. The van der Waals surface area contributed by atoms with Crippen LogP contribution in [0, 0.1) is 5.82 Å². The maximum absolute atomic E-state index is 13.7. The van der Waals surface area contributed by atoms with Crippen molar-refractivity contribution in [2.75, 3.05) is 17.2 Å². The molecule has 1 amide bonds. The number of hydrogen-bond acceptors (Lipinski definition) is 5. The van der Waals surface area contributed by atoms with Crippen molar-refractivity contribution < 1.29 is 9.18 Å². The molecule has 0 saturated carbocycles. The summed E-state index contributed by atoms with van der Waals surface area (Å²) in [5, 5.41) is 13.2. The molecule has 1 heterocycles. The first-order valence-corrected chi connectivity index (χ1v) is 6.70. The Hall–Kier alpha value is -2.02. The van der Waals surface area contributed by atoms with Crippen molar-refractivity contribution in [3.05, 3.63) is 35.1 Å². The molecule has 0 unspecified atom stereocenters. The molecule has 1 aromatic heterocycles. The number of carbonyl (C=O) groups is 1. The van der Waals surface area contributed by atoms with E-state index in [-0.39, 0.29) is 11.3 Å². The fourth-order valence-electron chi connectivity index (χ4n) is 1.54. The first-order valence-electron chi connectivity index (χ1n) is 5.82. The quantitative estimate of drug-likeness (QED) is 0.883. The van der Waals surface area contributed by atoms with Gasteiger partial charge in [0.05, 0.1) is 11.3 Å². The minimum Gasteiger partial charge on any atom is -0.382 e. The number of rotatable bonds is 5. The number of amides is 1. The van der Waals surface area contributed by atoms with Gasteiger partial charge in [-0.1, -0.05) is 24.3 Å². The molecule has 100 valence electrons. The summed E-state index contributed by atoms with van der Waals surface area (Å²) in [6, 6.07) is 4.39. The van der Waals surface area contributed by atoms with Gasteiger partial charge in [-0.25, -0.2) is 4.39 Å². The summed E-state index contributed by atoms with van der Waals surface area (Å²) in [5.74, 6) is -0.854. The zero-order valence-electron chi connectivity index (χ0n) is 10.3. The molecule has 0 aliphatic heterocycles. The lowest BCUT2D eigenvalue weighted by atomic mass is 10.1. The van der Waals surface area contributed by atoms with Gasteiger partial charge in [0.1, 0.15) is 11.3 Å². The molecule has 0 fully saturated rings. The molecule has 0 atom stereocenters. The third kappa shape index (κ3) is 3.25. The lowest BCUT2D eigenvalue weighted by Crippen LogP contribution is -2.16. The Kier molecular flexibility index (Phi) is 4.40. The van der Waals surface area contributed by atoms with Gasteiger partial charge in [0.2, 0.25) is 5.13 Å². The van der Waals surface area contributed by atoms with Crippen LogP contribution in [0.3, 0.4) is 0 Å². The molecule has 1 aromatic carbocycles. The number of anilines is 2. The SMILES string of the molecule is CCCNc1c(F)cccc1C(=O)Nc1nncs1. The zero-order chi connectivity index (χ0) is 13.7. The monoisotopic (exact) mass is 280 g/mol. The summed E-state index contributed by atoms with van der Waals surface area (Å²) in [4.78, 5) is 12.1. The summed E-state index contributed by atoms with van der Waals surface area (Å²) in [6.07, 6.45) is 0.839. The predicted octanol–water partition coefficient (Wildman–Crippen LogP) is 2.75. The van der Waals surface area contributed by atoms with Gasteiger partial charge >= 0.3 is 0 Å². The highest BCUT2D eigenvalue weighted by Crippen LogP contribution is 2.21. The summed E-state index contributed by atoms with van der Waals surface area (Å²) in [5.41, 5.74) is 1.98. The first kappa shape index (κ1) is 13.4. The fraction of sp³-hybridized carbons (Fsp3) is 0.250. The van der Waals surface area contributed by atoms with E-state index in [9.17, 15) is 9.18 Å². The van der Waals surface area contributed by atoms with Gasteiger partial charge in [0, 0.05) is 6.54 Å².